The summed E-state index contributed by atoms with van der Waals surface area (Å²) in [5.74, 6) is 0.740. The van der Waals surface area contributed by atoms with Gasteiger partial charge >= 0.3 is 0 Å². The number of benzene rings is 1. The summed E-state index contributed by atoms with van der Waals surface area (Å²) in [6.45, 7) is 2.38. The van der Waals surface area contributed by atoms with Crippen LogP contribution in [0.15, 0.2) is 46.2 Å². The molecule has 10 heteroatoms. The minimum atomic E-state index is -3.68. The van der Waals surface area contributed by atoms with Gasteiger partial charge in [0.25, 0.3) is 0 Å². The van der Waals surface area contributed by atoms with E-state index in [1.165, 1.54) is 16.7 Å². The first-order valence-corrected chi connectivity index (χ1v) is 10.1. The summed E-state index contributed by atoms with van der Waals surface area (Å²) >= 11 is 6.09. The molecule has 1 aliphatic heterocycles. The third-order valence-corrected chi connectivity index (χ3v) is 6.87. The molecule has 1 aliphatic rings. The molecule has 2 aromatic heterocycles. The summed E-state index contributed by atoms with van der Waals surface area (Å²) in [4.78, 5) is 12.8. The maximum Gasteiger partial charge on any atom is 0.244 e. The monoisotopic (exact) mass is 405 g/mol. The molecule has 27 heavy (non-hydrogen) atoms. The van der Waals surface area contributed by atoms with Crippen molar-refractivity contribution >= 4 is 21.6 Å². The first-order valence-electron chi connectivity index (χ1n) is 8.32. The van der Waals surface area contributed by atoms with Crippen LogP contribution in [-0.2, 0) is 10.0 Å². The fourth-order valence-corrected chi connectivity index (χ4v) is 5.20. The molecule has 0 amide bonds. The Morgan fingerprint density at radius 1 is 1.30 bits per heavy atom. The van der Waals surface area contributed by atoms with Crippen LogP contribution in [0.3, 0.4) is 0 Å². The van der Waals surface area contributed by atoms with E-state index in [0.29, 0.717) is 42.5 Å². The standard InChI is InChI=1S/C17H16ClN5O3S/c1-11-21-17(22-26-11)13-8-19-10-20-16(13)12-6-7-23(9-12)27(24,25)15-5-3-2-4-14(15)18/h2-5,8,10,12H,6-7,9H2,1H3/t12-/m1/s1. The lowest BCUT2D eigenvalue weighted by Crippen LogP contribution is -2.29. The van der Waals surface area contributed by atoms with Crippen molar-refractivity contribution in [2.75, 3.05) is 13.1 Å². The Bertz CT molecular complexity index is 1090. The van der Waals surface area contributed by atoms with E-state index >= 15 is 0 Å². The van der Waals surface area contributed by atoms with Gasteiger partial charge in [0, 0.05) is 32.1 Å². The van der Waals surface area contributed by atoms with Gasteiger partial charge in [-0.1, -0.05) is 28.9 Å². The number of rotatable bonds is 4. The number of aromatic nitrogens is 4. The second kappa shape index (κ2) is 6.99. The molecule has 3 heterocycles. The fraction of sp³-hybridized carbons (Fsp3) is 0.294. The average molecular weight is 406 g/mol. The highest BCUT2D eigenvalue weighted by Gasteiger charge is 2.36. The van der Waals surface area contributed by atoms with Gasteiger partial charge in [0.15, 0.2) is 0 Å². The zero-order chi connectivity index (χ0) is 19.0. The zero-order valence-electron chi connectivity index (χ0n) is 14.4. The molecular formula is C17H16ClN5O3S. The SMILES string of the molecule is Cc1nc(-c2cncnc2[C@@H]2CCN(S(=O)(=O)c3ccccc3Cl)C2)no1. The van der Waals surface area contributed by atoms with Crippen molar-refractivity contribution in [3.05, 3.63) is 53.4 Å². The van der Waals surface area contributed by atoms with Crippen LogP contribution in [0.25, 0.3) is 11.4 Å². The number of halogens is 1. The van der Waals surface area contributed by atoms with Crippen LogP contribution >= 0.6 is 11.6 Å². The number of nitrogens with zero attached hydrogens (tertiary/aromatic N) is 5. The lowest BCUT2D eigenvalue weighted by Gasteiger charge is -2.17. The van der Waals surface area contributed by atoms with Crippen molar-refractivity contribution in [3.63, 3.8) is 0 Å². The van der Waals surface area contributed by atoms with Crippen LogP contribution in [0.2, 0.25) is 5.02 Å². The summed E-state index contributed by atoms with van der Waals surface area (Å²) in [6, 6.07) is 6.45. The largest absolute Gasteiger partial charge is 0.339 e. The lowest BCUT2D eigenvalue weighted by atomic mass is 10.00. The van der Waals surface area contributed by atoms with Gasteiger partial charge in [-0.25, -0.2) is 18.4 Å². The van der Waals surface area contributed by atoms with Crippen molar-refractivity contribution in [3.8, 4) is 11.4 Å². The summed E-state index contributed by atoms with van der Waals surface area (Å²) in [5, 5.41) is 4.14. The van der Waals surface area contributed by atoms with Crippen LogP contribution < -0.4 is 0 Å². The highest BCUT2D eigenvalue weighted by Crippen LogP contribution is 2.35. The van der Waals surface area contributed by atoms with Gasteiger partial charge in [-0.2, -0.15) is 9.29 Å². The summed E-state index contributed by atoms with van der Waals surface area (Å²) in [5.41, 5.74) is 1.36. The Hall–Kier alpha value is -2.36. The van der Waals surface area contributed by atoms with Crippen LogP contribution in [0, 0.1) is 6.92 Å². The molecule has 1 aromatic carbocycles. The Morgan fingerprint density at radius 2 is 2.11 bits per heavy atom. The van der Waals surface area contributed by atoms with E-state index in [9.17, 15) is 8.42 Å². The molecule has 0 bridgehead atoms. The molecule has 8 nitrogen and oxygen atoms in total. The molecule has 140 valence electrons. The smallest absolute Gasteiger partial charge is 0.244 e. The minimum Gasteiger partial charge on any atom is -0.339 e. The molecule has 0 radical (unpaired) electrons. The first-order chi connectivity index (χ1) is 13.0. The minimum absolute atomic E-state index is 0.0981. The average Bonchev–Trinajstić information content (AvgIpc) is 3.31. The van der Waals surface area contributed by atoms with Crippen molar-refractivity contribution in [1.29, 1.82) is 0 Å². The maximum absolute atomic E-state index is 13.0. The van der Waals surface area contributed by atoms with E-state index in [4.69, 9.17) is 16.1 Å². The van der Waals surface area contributed by atoms with Crippen LogP contribution in [-0.4, -0.2) is 45.9 Å². The van der Waals surface area contributed by atoms with Crippen molar-refractivity contribution in [2.24, 2.45) is 0 Å². The summed E-state index contributed by atoms with van der Waals surface area (Å²) < 4.78 is 32.4. The third kappa shape index (κ3) is 3.33. The molecule has 1 fully saturated rings. The Balaban J connectivity index is 1.64. The van der Waals surface area contributed by atoms with E-state index in [1.807, 2.05) is 0 Å². The van der Waals surface area contributed by atoms with Gasteiger partial charge in [-0.15, -0.1) is 0 Å². The first kappa shape index (κ1) is 18.0. The van der Waals surface area contributed by atoms with Gasteiger partial charge in [0.05, 0.1) is 16.3 Å². The highest BCUT2D eigenvalue weighted by molar-refractivity contribution is 7.89. The predicted octanol–water partition coefficient (Wildman–Crippen LogP) is 2.67. The van der Waals surface area contributed by atoms with Gasteiger partial charge in [-0.05, 0) is 18.6 Å². The number of hydrogen-bond donors (Lipinski definition) is 0. The molecule has 0 spiro atoms. The van der Waals surface area contributed by atoms with Crippen LogP contribution in [0.5, 0.6) is 0 Å². The second-order valence-electron chi connectivity index (χ2n) is 6.24. The number of sulfonamides is 1. The van der Waals surface area contributed by atoms with E-state index in [-0.39, 0.29) is 15.8 Å². The maximum atomic E-state index is 13.0. The molecule has 0 unspecified atom stereocenters. The molecule has 3 aromatic rings. The Morgan fingerprint density at radius 3 is 2.85 bits per heavy atom. The Kier molecular flexibility index (Phi) is 4.67. The van der Waals surface area contributed by atoms with E-state index in [2.05, 4.69) is 20.1 Å². The normalized spacial score (nSPS) is 18.1. The van der Waals surface area contributed by atoms with Crippen molar-refractivity contribution in [2.45, 2.75) is 24.2 Å². The molecule has 4 rings (SSSR count). The van der Waals surface area contributed by atoms with Crippen molar-refractivity contribution < 1.29 is 12.9 Å². The third-order valence-electron chi connectivity index (χ3n) is 4.50. The lowest BCUT2D eigenvalue weighted by molar-refractivity contribution is 0.394. The summed E-state index contributed by atoms with van der Waals surface area (Å²) in [7, 11) is -3.68. The van der Waals surface area contributed by atoms with Gasteiger partial charge in [-0.3, -0.25) is 0 Å². The van der Waals surface area contributed by atoms with Crippen molar-refractivity contribution in [1.82, 2.24) is 24.4 Å². The van der Waals surface area contributed by atoms with Crippen LogP contribution in [0.1, 0.15) is 23.9 Å². The molecule has 0 aliphatic carbocycles. The molecule has 0 N–H and O–H groups in total. The topological polar surface area (TPSA) is 102 Å². The molecule has 1 atom stereocenters. The van der Waals surface area contributed by atoms with E-state index < -0.39 is 10.0 Å². The molecular weight excluding hydrogens is 390 g/mol. The fourth-order valence-electron chi connectivity index (χ4n) is 3.21. The van der Waals surface area contributed by atoms with Gasteiger partial charge in [0.2, 0.25) is 21.7 Å². The molecule has 0 saturated carbocycles. The molecule has 1 saturated heterocycles. The second-order valence-corrected chi connectivity index (χ2v) is 8.55. The quantitative estimate of drug-likeness (QED) is 0.657. The van der Waals surface area contributed by atoms with E-state index in [1.54, 1.807) is 31.3 Å². The van der Waals surface area contributed by atoms with E-state index in [0.717, 1.165) is 0 Å². The summed E-state index contributed by atoms with van der Waals surface area (Å²) in [6.07, 6.45) is 3.69. The number of hydrogen-bond acceptors (Lipinski definition) is 7. The van der Waals surface area contributed by atoms with Gasteiger partial charge < -0.3 is 4.52 Å². The van der Waals surface area contributed by atoms with Crippen LogP contribution in [0.4, 0.5) is 0 Å². The highest BCUT2D eigenvalue weighted by atomic mass is 35.5. The predicted molar refractivity (Wildman–Crippen MR) is 97.6 cm³/mol. The van der Waals surface area contributed by atoms with Gasteiger partial charge in [0.1, 0.15) is 11.2 Å². The zero-order valence-corrected chi connectivity index (χ0v) is 16.0. The Labute approximate surface area is 161 Å². The number of aryl methyl sites for hydroxylation is 1.